The Bertz CT molecular complexity index is 1500. The Morgan fingerprint density at radius 2 is 1.89 bits per heavy atom. The zero-order chi connectivity index (χ0) is 25.6. The van der Waals surface area contributed by atoms with Gasteiger partial charge in [-0.25, -0.2) is 18.3 Å². The number of fused-ring (bicyclic) bond motifs is 1. The second-order valence-corrected chi connectivity index (χ2v) is 9.78. The lowest BCUT2D eigenvalue weighted by Gasteiger charge is -2.22. The number of benzene rings is 2. The molecule has 9 nitrogen and oxygen atoms in total. The van der Waals surface area contributed by atoms with Crippen molar-refractivity contribution in [1.29, 1.82) is 0 Å². The number of aromatic nitrogens is 2. The quantitative estimate of drug-likeness (QED) is 0.237. The van der Waals surface area contributed by atoms with E-state index >= 15 is 0 Å². The fraction of sp³-hybridized carbons (Fsp3) is 0.174. The van der Waals surface area contributed by atoms with Gasteiger partial charge in [0, 0.05) is 16.9 Å². The zero-order valence-electron chi connectivity index (χ0n) is 18.3. The Balaban J connectivity index is 1.49. The first kappa shape index (κ1) is 24.5. The molecule has 36 heavy (non-hydrogen) atoms. The fourth-order valence-electron chi connectivity index (χ4n) is 3.64. The monoisotopic (exact) mass is 535 g/mol. The van der Waals surface area contributed by atoms with Crippen LogP contribution in [0.15, 0.2) is 53.2 Å². The van der Waals surface area contributed by atoms with Gasteiger partial charge in [0.1, 0.15) is 35.3 Å². The van der Waals surface area contributed by atoms with Crippen LogP contribution in [-0.2, 0) is 9.09 Å². The molecule has 1 fully saturated rings. The van der Waals surface area contributed by atoms with Crippen molar-refractivity contribution in [1.82, 2.24) is 9.97 Å². The maximum Gasteiger partial charge on any atom is 0.471 e. The number of rotatable bonds is 7. The van der Waals surface area contributed by atoms with E-state index in [0.717, 1.165) is 48.4 Å². The van der Waals surface area contributed by atoms with Crippen molar-refractivity contribution in [2.24, 2.45) is 0 Å². The first-order chi connectivity index (χ1) is 17.1. The summed E-state index contributed by atoms with van der Waals surface area (Å²) in [7, 11) is -5.04. The van der Waals surface area contributed by atoms with E-state index in [-0.39, 0.29) is 5.82 Å². The van der Waals surface area contributed by atoms with Crippen LogP contribution >= 0.6 is 19.4 Å². The predicted octanol–water partition coefficient (Wildman–Crippen LogP) is 5.41. The molecule has 1 amide bonds. The number of phosphoric ester groups is 1. The molecular formula is C23H17ClF2N3O6P. The van der Waals surface area contributed by atoms with Crippen LogP contribution in [0.5, 0.6) is 0 Å². The summed E-state index contributed by atoms with van der Waals surface area (Å²) in [6, 6.07) is 8.20. The van der Waals surface area contributed by atoms with Gasteiger partial charge in [-0.05, 0) is 43.2 Å². The summed E-state index contributed by atoms with van der Waals surface area (Å²) in [5, 5.41) is 1.22. The molecule has 0 saturated heterocycles. The lowest BCUT2D eigenvalue weighted by molar-refractivity contribution is 0.0946. The van der Waals surface area contributed by atoms with Crippen molar-refractivity contribution in [3.8, 4) is 11.3 Å². The Kier molecular flexibility index (Phi) is 6.36. The summed E-state index contributed by atoms with van der Waals surface area (Å²) in [6.07, 6.45) is 4.49. The lowest BCUT2D eigenvalue weighted by Crippen LogP contribution is -2.35. The summed E-state index contributed by atoms with van der Waals surface area (Å²) >= 11 is 6.45. The number of nitrogens with zero attached hydrogens (tertiary/aromatic N) is 3. The maximum atomic E-state index is 14.2. The van der Waals surface area contributed by atoms with E-state index in [0.29, 0.717) is 32.7 Å². The third-order valence-corrected chi connectivity index (χ3v) is 6.34. The molecule has 0 spiro atoms. The number of carbonyl (C=O) groups excluding carboxylic acids is 1. The van der Waals surface area contributed by atoms with Crippen LogP contribution in [0.2, 0.25) is 5.02 Å². The maximum absolute atomic E-state index is 14.2. The molecule has 0 aliphatic heterocycles. The van der Waals surface area contributed by atoms with Crippen LogP contribution in [0.3, 0.4) is 0 Å². The fourth-order valence-corrected chi connectivity index (χ4v) is 4.18. The topological polar surface area (TPSA) is 126 Å². The normalized spacial score (nSPS) is 13.8. The molecule has 1 saturated carbocycles. The minimum atomic E-state index is -5.04. The van der Waals surface area contributed by atoms with Gasteiger partial charge in [-0.3, -0.25) is 19.2 Å². The number of carbonyl (C=O) groups is 1. The number of hydrogen-bond donors (Lipinski definition) is 2. The SMILES string of the molecule is O=C(c1c(F)cccc1F)N(COP(=O)(O)O)c1cnc(-c2cc3oc(C4CC4)cc3cc2Cl)cn1. The van der Waals surface area contributed by atoms with E-state index in [9.17, 15) is 18.1 Å². The lowest BCUT2D eigenvalue weighted by atomic mass is 10.1. The Hall–Kier alpha value is -3.21. The molecular weight excluding hydrogens is 519 g/mol. The minimum absolute atomic E-state index is 0.272. The van der Waals surface area contributed by atoms with Gasteiger partial charge in [-0.2, -0.15) is 0 Å². The van der Waals surface area contributed by atoms with Crippen molar-refractivity contribution in [3.05, 3.63) is 76.8 Å². The van der Waals surface area contributed by atoms with Crippen molar-refractivity contribution in [3.63, 3.8) is 0 Å². The number of amides is 1. The molecule has 2 N–H and O–H groups in total. The average molecular weight is 536 g/mol. The summed E-state index contributed by atoms with van der Waals surface area (Å²) in [5.41, 5.74) is 0.458. The van der Waals surface area contributed by atoms with Crippen LogP contribution < -0.4 is 4.90 Å². The highest BCUT2D eigenvalue weighted by atomic mass is 35.5. The van der Waals surface area contributed by atoms with Crippen LogP contribution in [0, 0.1) is 11.6 Å². The number of furan rings is 1. The van der Waals surface area contributed by atoms with Gasteiger partial charge >= 0.3 is 7.82 Å². The average Bonchev–Trinajstić information content (AvgIpc) is 3.58. The molecule has 0 unspecified atom stereocenters. The highest BCUT2D eigenvalue weighted by Crippen LogP contribution is 2.43. The van der Waals surface area contributed by atoms with Crippen molar-refractivity contribution in [2.45, 2.75) is 18.8 Å². The van der Waals surface area contributed by atoms with Gasteiger partial charge in [0.2, 0.25) is 0 Å². The molecule has 1 aliphatic rings. The van der Waals surface area contributed by atoms with E-state index < -0.39 is 37.7 Å². The number of halogens is 3. The molecule has 2 aromatic carbocycles. The van der Waals surface area contributed by atoms with Gasteiger partial charge in [0.15, 0.2) is 5.82 Å². The number of phosphoric acid groups is 1. The highest BCUT2D eigenvalue weighted by molar-refractivity contribution is 7.46. The summed E-state index contributed by atoms with van der Waals surface area (Å²) in [5.74, 6) is -2.59. The standard InChI is InChI=1S/C23H17ClF2N3O6P/c24-15-6-13-7-19(12-4-5-12)35-20(13)8-14(15)18-9-28-21(10-27-18)29(11-34-36(31,32)33)23(30)22-16(25)2-1-3-17(22)26/h1-3,6-10,12H,4-5,11H2,(H2,31,32,33). The summed E-state index contributed by atoms with van der Waals surface area (Å²) in [4.78, 5) is 40.0. The Morgan fingerprint density at radius 3 is 2.50 bits per heavy atom. The number of anilines is 1. The van der Waals surface area contributed by atoms with E-state index in [2.05, 4.69) is 14.5 Å². The minimum Gasteiger partial charge on any atom is -0.461 e. The van der Waals surface area contributed by atoms with Gasteiger partial charge in [0.25, 0.3) is 5.91 Å². The molecule has 0 atom stereocenters. The van der Waals surface area contributed by atoms with Crippen LogP contribution in [0.1, 0.15) is 34.9 Å². The van der Waals surface area contributed by atoms with Crippen molar-refractivity contribution >= 4 is 42.1 Å². The van der Waals surface area contributed by atoms with Gasteiger partial charge in [0.05, 0.1) is 23.1 Å². The second-order valence-electron chi connectivity index (χ2n) is 8.13. The molecule has 186 valence electrons. The van der Waals surface area contributed by atoms with Crippen molar-refractivity contribution in [2.75, 3.05) is 11.6 Å². The third-order valence-electron chi connectivity index (χ3n) is 5.57. The molecule has 5 rings (SSSR count). The molecule has 0 bridgehead atoms. The first-order valence-corrected chi connectivity index (χ1v) is 12.5. The number of hydrogen-bond acceptors (Lipinski definition) is 6. The van der Waals surface area contributed by atoms with Crippen LogP contribution in [-0.4, -0.2) is 32.4 Å². The van der Waals surface area contributed by atoms with Gasteiger partial charge < -0.3 is 14.2 Å². The molecule has 0 radical (unpaired) electrons. The van der Waals surface area contributed by atoms with E-state index in [1.807, 2.05) is 6.07 Å². The van der Waals surface area contributed by atoms with Gasteiger partial charge in [-0.15, -0.1) is 0 Å². The largest absolute Gasteiger partial charge is 0.471 e. The molecule has 4 aromatic rings. The molecule has 2 heterocycles. The zero-order valence-corrected chi connectivity index (χ0v) is 19.9. The smallest absolute Gasteiger partial charge is 0.461 e. The molecule has 1 aliphatic carbocycles. The van der Waals surface area contributed by atoms with Crippen LogP contribution in [0.4, 0.5) is 14.6 Å². The predicted molar refractivity (Wildman–Crippen MR) is 125 cm³/mol. The van der Waals surface area contributed by atoms with Gasteiger partial charge in [-0.1, -0.05) is 17.7 Å². The van der Waals surface area contributed by atoms with E-state index in [4.69, 9.17) is 25.8 Å². The summed E-state index contributed by atoms with van der Waals surface area (Å²) in [6.45, 7) is -1.05. The third kappa shape index (κ3) is 5.02. The van der Waals surface area contributed by atoms with E-state index in [1.54, 1.807) is 12.1 Å². The van der Waals surface area contributed by atoms with E-state index in [1.165, 1.54) is 6.20 Å². The second kappa shape index (κ2) is 9.34. The van der Waals surface area contributed by atoms with Crippen molar-refractivity contribution < 1.29 is 36.9 Å². The molecule has 13 heteroatoms. The Morgan fingerprint density at radius 1 is 1.17 bits per heavy atom. The summed E-state index contributed by atoms with van der Waals surface area (Å²) < 4.78 is 50.0. The first-order valence-electron chi connectivity index (χ1n) is 10.6. The Labute approximate surface area is 207 Å². The highest BCUT2D eigenvalue weighted by Gasteiger charge is 2.29. The van der Waals surface area contributed by atoms with Crippen LogP contribution in [0.25, 0.3) is 22.2 Å². The molecule has 2 aromatic heterocycles.